The summed E-state index contributed by atoms with van der Waals surface area (Å²) >= 11 is 0. The summed E-state index contributed by atoms with van der Waals surface area (Å²) in [6.45, 7) is 3.17. The summed E-state index contributed by atoms with van der Waals surface area (Å²) in [7, 11) is 0. The Balaban J connectivity index is 1.39. The summed E-state index contributed by atoms with van der Waals surface area (Å²) in [4.78, 5) is 16.8. The molecule has 0 amide bonds. The molecule has 1 aromatic heterocycles. The van der Waals surface area contributed by atoms with Crippen LogP contribution in [0.5, 0.6) is 0 Å². The van der Waals surface area contributed by atoms with Gasteiger partial charge in [-0.15, -0.1) is 0 Å². The molecular weight excluding hydrogens is 276 g/mol. The second-order valence-electron chi connectivity index (χ2n) is 7.08. The van der Waals surface area contributed by atoms with E-state index in [1.165, 1.54) is 16.5 Å². The molecule has 2 aliphatic rings. The van der Waals surface area contributed by atoms with Gasteiger partial charge in [0.2, 0.25) is 0 Å². The number of aliphatic carboxylic acids is 1. The van der Waals surface area contributed by atoms with Crippen LogP contribution >= 0.6 is 0 Å². The fraction of sp³-hybridized carbons (Fsp3) is 0.500. The van der Waals surface area contributed by atoms with E-state index in [0.29, 0.717) is 5.41 Å². The van der Waals surface area contributed by atoms with E-state index >= 15 is 0 Å². The van der Waals surface area contributed by atoms with Gasteiger partial charge in [0.05, 0.1) is 5.92 Å². The van der Waals surface area contributed by atoms with Crippen molar-refractivity contribution in [3.8, 4) is 0 Å². The summed E-state index contributed by atoms with van der Waals surface area (Å²) in [5, 5.41) is 10.4. The molecule has 1 saturated heterocycles. The largest absolute Gasteiger partial charge is 0.481 e. The van der Waals surface area contributed by atoms with Crippen molar-refractivity contribution in [2.75, 3.05) is 13.1 Å². The first kappa shape index (κ1) is 13.8. The van der Waals surface area contributed by atoms with Gasteiger partial charge >= 0.3 is 5.97 Å². The minimum Gasteiger partial charge on any atom is -0.481 e. The Labute approximate surface area is 130 Å². The van der Waals surface area contributed by atoms with E-state index in [1.807, 2.05) is 6.20 Å². The third-order valence-electron chi connectivity index (χ3n) is 5.70. The van der Waals surface area contributed by atoms with Crippen LogP contribution in [0.1, 0.15) is 31.2 Å². The number of nitrogens with zero attached hydrogens (tertiary/aromatic N) is 1. The molecule has 0 radical (unpaired) electrons. The van der Waals surface area contributed by atoms with E-state index in [4.69, 9.17) is 5.11 Å². The highest BCUT2D eigenvalue weighted by molar-refractivity contribution is 5.82. The van der Waals surface area contributed by atoms with Gasteiger partial charge in [0.1, 0.15) is 0 Å². The highest BCUT2D eigenvalue weighted by Crippen LogP contribution is 2.52. The number of benzene rings is 1. The maximum absolute atomic E-state index is 11.0. The Morgan fingerprint density at radius 1 is 1.27 bits per heavy atom. The van der Waals surface area contributed by atoms with E-state index in [1.54, 1.807) is 0 Å². The number of aromatic amines is 1. The van der Waals surface area contributed by atoms with Crippen LogP contribution < -0.4 is 0 Å². The molecule has 1 aliphatic carbocycles. The zero-order chi connectivity index (χ0) is 15.2. The minimum atomic E-state index is -0.604. The van der Waals surface area contributed by atoms with Crippen molar-refractivity contribution < 1.29 is 9.90 Å². The fourth-order valence-corrected chi connectivity index (χ4v) is 4.28. The summed E-state index contributed by atoms with van der Waals surface area (Å²) in [5.74, 6) is -0.688. The van der Waals surface area contributed by atoms with E-state index in [0.717, 1.165) is 45.3 Å². The number of carboxylic acids is 1. The Hall–Kier alpha value is -1.81. The van der Waals surface area contributed by atoms with Crippen molar-refractivity contribution in [3.63, 3.8) is 0 Å². The summed E-state index contributed by atoms with van der Waals surface area (Å²) in [6.07, 6.45) is 6.09. The van der Waals surface area contributed by atoms with E-state index in [2.05, 4.69) is 34.1 Å². The number of carbonyl (C=O) groups is 1. The van der Waals surface area contributed by atoms with Gasteiger partial charge in [-0.2, -0.15) is 0 Å². The van der Waals surface area contributed by atoms with Gasteiger partial charge < -0.3 is 10.1 Å². The molecule has 4 nitrogen and oxygen atoms in total. The first-order valence-corrected chi connectivity index (χ1v) is 8.15. The third kappa shape index (κ3) is 2.31. The van der Waals surface area contributed by atoms with Crippen molar-refractivity contribution in [3.05, 3.63) is 36.0 Å². The number of hydrogen-bond acceptors (Lipinski definition) is 2. The third-order valence-corrected chi connectivity index (χ3v) is 5.70. The number of fused-ring (bicyclic) bond motifs is 1. The normalized spacial score (nSPS) is 22.0. The lowest BCUT2D eigenvalue weighted by atomic mass is 9.57. The summed E-state index contributed by atoms with van der Waals surface area (Å²) in [6, 6.07) is 8.59. The van der Waals surface area contributed by atoms with Crippen LogP contribution in [-0.2, 0) is 11.3 Å². The van der Waals surface area contributed by atoms with Gasteiger partial charge in [0, 0.05) is 23.6 Å². The second-order valence-corrected chi connectivity index (χ2v) is 7.08. The maximum atomic E-state index is 11.0. The Morgan fingerprint density at radius 3 is 2.77 bits per heavy atom. The number of H-pyrrole nitrogens is 1. The van der Waals surface area contributed by atoms with Crippen molar-refractivity contribution in [1.82, 2.24) is 9.88 Å². The molecule has 2 heterocycles. The molecule has 2 fully saturated rings. The van der Waals surface area contributed by atoms with Gasteiger partial charge in [-0.3, -0.25) is 9.69 Å². The molecule has 1 aromatic carbocycles. The number of carboxylic acid groups (broad SMARTS) is 1. The van der Waals surface area contributed by atoms with Crippen LogP contribution in [0.15, 0.2) is 30.5 Å². The van der Waals surface area contributed by atoms with Gasteiger partial charge in [-0.1, -0.05) is 12.1 Å². The van der Waals surface area contributed by atoms with Crippen molar-refractivity contribution in [2.45, 2.75) is 32.2 Å². The number of nitrogens with one attached hydrogen (secondary N) is 1. The molecule has 1 saturated carbocycles. The van der Waals surface area contributed by atoms with E-state index in [9.17, 15) is 4.79 Å². The molecule has 22 heavy (non-hydrogen) atoms. The molecule has 1 aliphatic heterocycles. The van der Waals surface area contributed by atoms with Crippen molar-refractivity contribution >= 4 is 16.9 Å². The molecule has 0 atom stereocenters. The molecule has 2 aromatic rings. The lowest BCUT2D eigenvalue weighted by molar-refractivity contribution is -0.152. The number of aromatic nitrogens is 1. The van der Waals surface area contributed by atoms with Crippen molar-refractivity contribution in [2.24, 2.45) is 11.3 Å². The van der Waals surface area contributed by atoms with Gasteiger partial charge in [0.25, 0.3) is 0 Å². The minimum absolute atomic E-state index is 0.0832. The topological polar surface area (TPSA) is 56.3 Å². The predicted molar refractivity (Wildman–Crippen MR) is 85.6 cm³/mol. The smallest absolute Gasteiger partial charge is 0.306 e. The average Bonchev–Trinajstić information content (AvgIpc) is 2.95. The van der Waals surface area contributed by atoms with Crippen LogP contribution in [0.3, 0.4) is 0 Å². The molecule has 4 rings (SSSR count). The lowest BCUT2D eigenvalue weighted by Gasteiger charge is -2.51. The molecule has 2 N–H and O–H groups in total. The number of likely N-dealkylation sites (tertiary alicyclic amines) is 1. The standard InChI is InChI=1S/C18H22N2O2/c21-17(22)14-10-18(11-14)5-8-20(9-6-18)12-13-2-1-3-16-15(13)4-7-19-16/h1-4,7,14,19H,5-6,8-12H2,(H,21,22). The zero-order valence-electron chi connectivity index (χ0n) is 12.7. The molecule has 0 bridgehead atoms. The van der Waals surface area contributed by atoms with Crippen LogP contribution in [-0.4, -0.2) is 34.0 Å². The van der Waals surface area contributed by atoms with Gasteiger partial charge in [-0.05, 0) is 61.9 Å². The Morgan fingerprint density at radius 2 is 2.05 bits per heavy atom. The molecular formula is C18H22N2O2. The monoisotopic (exact) mass is 298 g/mol. The molecule has 0 unspecified atom stereocenters. The summed E-state index contributed by atoms with van der Waals surface area (Å²) in [5.41, 5.74) is 2.92. The number of rotatable bonds is 3. The van der Waals surface area contributed by atoms with E-state index < -0.39 is 5.97 Å². The van der Waals surface area contributed by atoms with Crippen molar-refractivity contribution in [1.29, 1.82) is 0 Å². The highest BCUT2D eigenvalue weighted by Gasteiger charge is 2.48. The van der Waals surface area contributed by atoms with Gasteiger partial charge in [-0.25, -0.2) is 0 Å². The molecule has 1 spiro atoms. The van der Waals surface area contributed by atoms with Gasteiger partial charge in [0.15, 0.2) is 0 Å². The van der Waals surface area contributed by atoms with Crippen LogP contribution in [0.2, 0.25) is 0 Å². The average molecular weight is 298 g/mol. The number of piperidine rings is 1. The van der Waals surface area contributed by atoms with Crippen LogP contribution in [0, 0.1) is 11.3 Å². The first-order chi connectivity index (χ1) is 10.7. The fourth-order valence-electron chi connectivity index (χ4n) is 4.28. The zero-order valence-corrected chi connectivity index (χ0v) is 12.7. The van der Waals surface area contributed by atoms with Crippen LogP contribution in [0.4, 0.5) is 0 Å². The quantitative estimate of drug-likeness (QED) is 0.914. The van der Waals surface area contributed by atoms with Crippen LogP contribution in [0.25, 0.3) is 10.9 Å². The Bertz CT molecular complexity index is 690. The SMILES string of the molecule is O=C(O)C1CC2(CCN(Cc3cccc4[nH]ccc34)CC2)C1. The second kappa shape index (κ2) is 5.13. The highest BCUT2D eigenvalue weighted by atomic mass is 16.4. The molecule has 116 valence electrons. The molecule has 4 heteroatoms. The summed E-state index contributed by atoms with van der Waals surface area (Å²) < 4.78 is 0. The van der Waals surface area contributed by atoms with E-state index in [-0.39, 0.29) is 5.92 Å². The predicted octanol–water partition coefficient (Wildman–Crippen LogP) is 3.24. The number of hydrogen-bond donors (Lipinski definition) is 2. The first-order valence-electron chi connectivity index (χ1n) is 8.15. The Kier molecular flexibility index (Phi) is 3.22. The maximum Gasteiger partial charge on any atom is 0.306 e. The lowest BCUT2D eigenvalue weighted by Crippen LogP contribution is -2.48.